The normalized spacial score (nSPS) is 17.7. The van der Waals surface area contributed by atoms with Gasteiger partial charge in [0.05, 0.1) is 6.61 Å². The molecule has 4 atom stereocenters. The molecule has 0 heterocycles. The fraction of sp³-hybridized carbons (Fsp3) is 0.875. The molecular formula is C8H19NO7. The van der Waals surface area contributed by atoms with E-state index in [1.165, 1.54) is 0 Å². The van der Waals surface area contributed by atoms with E-state index < -0.39 is 37.0 Å². The second kappa shape index (κ2) is 9.46. The summed E-state index contributed by atoms with van der Waals surface area (Å²) in [6, 6.07) is 0. The highest BCUT2D eigenvalue weighted by atomic mass is 16.4. The molecule has 16 heavy (non-hydrogen) atoms. The molecule has 0 spiro atoms. The first kappa shape index (κ1) is 17.6. The quantitative estimate of drug-likeness (QED) is 0.260. The first-order valence-electron chi connectivity index (χ1n) is 4.47. The highest BCUT2D eigenvalue weighted by molar-refractivity contribution is 5.72. The minimum absolute atomic E-state index is 0.843. The Bertz CT molecular complexity index is 189. The van der Waals surface area contributed by atoms with Crippen molar-refractivity contribution in [3.05, 3.63) is 0 Å². The second-order valence-electron chi connectivity index (χ2n) is 3.01. The largest absolute Gasteiger partial charge is 0.479 e. The van der Waals surface area contributed by atoms with Crippen molar-refractivity contribution in [3.63, 3.8) is 0 Å². The van der Waals surface area contributed by atoms with Gasteiger partial charge in [-0.3, -0.25) is 0 Å². The van der Waals surface area contributed by atoms with Crippen molar-refractivity contribution in [1.29, 1.82) is 0 Å². The number of hydrogen-bond donors (Lipinski definition) is 7. The molecule has 0 amide bonds. The van der Waals surface area contributed by atoms with Crippen molar-refractivity contribution < 1.29 is 35.4 Å². The van der Waals surface area contributed by atoms with Gasteiger partial charge in [0, 0.05) is 0 Å². The van der Waals surface area contributed by atoms with Crippen molar-refractivity contribution in [2.75, 3.05) is 20.7 Å². The Hall–Kier alpha value is -0.770. The van der Waals surface area contributed by atoms with Crippen LogP contribution in [0.2, 0.25) is 0 Å². The van der Waals surface area contributed by atoms with E-state index in [1.54, 1.807) is 0 Å². The average molecular weight is 241 g/mol. The third-order valence-electron chi connectivity index (χ3n) is 1.51. The maximum absolute atomic E-state index is 10.1. The third kappa shape index (κ3) is 6.67. The third-order valence-corrected chi connectivity index (χ3v) is 1.51. The first-order valence-corrected chi connectivity index (χ1v) is 4.47. The van der Waals surface area contributed by atoms with Gasteiger partial charge in [0.25, 0.3) is 0 Å². The molecule has 0 radical (unpaired) electrons. The highest BCUT2D eigenvalue weighted by Crippen LogP contribution is 2.04. The Balaban J connectivity index is 0. The van der Waals surface area contributed by atoms with Crippen LogP contribution in [-0.2, 0) is 4.79 Å². The number of hydrogen-bond acceptors (Lipinski definition) is 7. The van der Waals surface area contributed by atoms with Gasteiger partial charge in [-0.05, 0) is 14.1 Å². The lowest BCUT2D eigenvalue weighted by atomic mass is 10.0. The van der Waals surface area contributed by atoms with Gasteiger partial charge < -0.3 is 36.0 Å². The zero-order valence-electron chi connectivity index (χ0n) is 9.11. The molecule has 8 nitrogen and oxygen atoms in total. The molecular weight excluding hydrogens is 222 g/mol. The van der Waals surface area contributed by atoms with Gasteiger partial charge in [0.2, 0.25) is 0 Å². The lowest BCUT2D eigenvalue weighted by molar-refractivity contribution is -0.164. The Labute approximate surface area is 92.8 Å². The van der Waals surface area contributed by atoms with Gasteiger partial charge in [-0.15, -0.1) is 0 Å². The lowest BCUT2D eigenvalue weighted by Crippen LogP contribution is -2.48. The zero-order valence-corrected chi connectivity index (χ0v) is 9.11. The molecule has 0 saturated heterocycles. The van der Waals surface area contributed by atoms with Crippen molar-refractivity contribution in [3.8, 4) is 0 Å². The molecule has 0 saturated carbocycles. The monoisotopic (exact) mass is 241 g/mol. The number of carboxylic acid groups (broad SMARTS) is 1. The molecule has 7 N–H and O–H groups in total. The van der Waals surface area contributed by atoms with Crippen LogP contribution in [-0.4, -0.2) is 81.7 Å². The van der Waals surface area contributed by atoms with Gasteiger partial charge in [-0.2, -0.15) is 0 Å². The molecule has 0 aromatic carbocycles. The van der Waals surface area contributed by atoms with Gasteiger partial charge in [0.15, 0.2) is 6.10 Å². The molecule has 0 aliphatic rings. The number of aliphatic hydroxyl groups is 5. The molecule has 8 heteroatoms. The molecule has 0 aromatic rings. The average Bonchev–Trinajstić information content (AvgIpc) is 2.25. The number of aliphatic carboxylic acids is 1. The molecule has 4 unspecified atom stereocenters. The standard InChI is InChI=1S/C6H12O7.C2H7N/c7-1-2(8)3(9)4(10)5(11)6(12)13;1-3-2/h2-5,7-11H,1H2,(H,12,13);3H,1-2H3. The minimum atomic E-state index is -2.20. The van der Waals surface area contributed by atoms with E-state index in [2.05, 4.69) is 5.32 Å². The Morgan fingerprint density at radius 1 is 1.12 bits per heavy atom. The fourth-order valence-electron chi connectivity index (χ4n) is 0.668. The summed E-state index contributed by atoms with van der Waals surface area (Å²) in [6.07, 6.45) is -7.84. The van der Waals surface area contributed by atoms with Gasteiger partial charge >= 0.3 is 5.97 Å². The van der Waals surface area contributed by atoms with Crippen molar-refractivity contribution >= 4 is 5.97 Å². The molecule has 0 aliphatic carbocycles. The number of nitrogens with one attached hydrogen (secondary N) is 1. The van der Waals surface area contributed by atoms with Crippen LogP contribution < -0.4 is 5.32 Å². The zero-order chi connectivity index (χ0) is 13.3. The van der Waals surface area contributed by atoms with Crippen LogP contribution in [0, 0.1) is 0 Å². The Morgan fingerprint density at radius 2 is 1.50 bits per heavy atom. The summed E-state index contributed by atoms with van der Waals surface area (Å²) >= 11 is 0. The van der Waals surface area contributed by atoms with E-state index in [4.69, 9.17) is 30.6 Å². The molecule has 0 aromatic heterocycles. The van der Waals surface area contributed by atoms with E-state index in [-0.39, 0.29) is 0 Å². The van der Waals surface area contributed by atoms with Crippen LogP contribution in [0.5, 0.6) is 0 Å². The van der Waals surface area contributed by atoms with Crippen molar-refractivity contribution in [2.24, 2.45) is 0 Å². The highest BCUT2D eigenvalue weighted by Gasteiger charge is 2.33. The van der Waals surface area contributed by atoms with Gasteiger partial charge in [-0.1, -0.05) is 0 Å². The maximum Gasteiger partial charge on any atom is 0.335 e. The predicted molar refractivity (Wildman–Crippen MR) is 53.7 cm³/mol. The molecule has 0 rings (SSSR count). The van der Waals surface area contributed by atoms with E-state index in [0.29, 0.717) is 0 Å². The number of aliphatic hydroxyl groups excluding tert-OH is 5. The summed E-state index contributed by atoms with van der Waals surface area (Å²) in [7, 11) is 3.75. The van der Waals surface area contributed by atoms with Crippen LogP contribution in [0.3, 0.4) is 0 Å². The van der Waals surface area contributed by atoms with Crippen LogP contribution in [0.1, 0.15) is 0 Å². The van der Waals surface area contributed by atoms with E-state index >= 15 is 0 Å². The Morgan fingerprint density at radius 3 is 1.75 bits per heavy atom. The summed E-state index contributed by atoms with van der Waals surface area (Å²) in [6.45, 7) is -0.843. The molecule has 0 bridgehead atoms. The fourth-order valence-corrected chi connectivity index (χ4v) is 0.668. The number of carbonyl (C=O) groups is 1. The number of carboxylic acids is 1. The predicted octanol–water partition coefficient (Wildman–Crippen LogP) is -3.66. The summed E-state index contributed by atoms with van der Waals surface area (Å²) in [5.41, 5.74) is 0. The topological polar surface area (TPSA) is 150 Å². The lowest BCUT2D eigenvalue weighted by Gasteiger charge is -2.23. The smallest absolute Gasteiger partial charge is 0.335 e. The summed E-state index contributed by atoms with van der Waals surface area (Å²) in [5.74, 6) is -1.73. The number of rotatable bonds is 5. The molecule has 0 fully saturated rings. The van der Waals surface area contributed by atoms with Crippen LogP contribution in [0.15, 0.2) is 0 Å². The second-order valence-corrected chi connectivity index (χ2v) is 3.01. The van der Waals surface area contributed by atoms with Crippen LogP contribution in [0.4, 0.5) is 0 Å². The SMILES string of the molecule is CNC.O=C(O)C(O)C(O)C(O)C(O)CO. The first-order chi connectivity index (χ1) is 7.33. The van der Waals surface area contributed by atoms with Crippen molar-refractivity contribution in [2.45, 2.75) is 24.4 Å². The van der Waals surface area contributed by atoms with Crippen LogP contribution >= 0.6 is 0 Å². The summed E-state index contributed by atoms with van der Waals surface area (Å²) in [5, 5.41) is 54.6. The van der Waals surface area contributed by atoms with E-state index in [1.807, 2.05) is 14.1 Å². The van der Waals surface area contributed by atoms with E-state index in [0.717, 1.165) is 0 Å². The summed E-state index contributed by atoms with van der Waals surface area (Å²) in [4.78, 5) is 10.1. The Kier molecular flexibility index (Phi) is 10.4. The summed E-state index contributed by atoms with van der Waals surface area (Å²) < 4.78 is 0. The minimum Gasteiger partial charge on any atom is -0.479 e. The van der Waals surface area contributed by atoms with Gasteiger partial charge in [0.1, 0.15) is 18.3 Å². The van der Waals surface area contributed by atoms with Crippen molar-refractivity contribution in [1.82, 2.24) is 5.32 Å². The van der Waals surface area contributed by atoms with E-state index in [9.17, 15) is 4.79 Å². The van der Waals surface area contributed by atoms with Crippen LogP contribution in [0.25, 0.3) is 0 Å². The molecule has 0 aliphatic heterocycles. The van der Waals surface area contributed by atoms with Gasteiger partial charge in [-0.25, -0.2) is 4.79 Å². The maximum atomic E-state index is 10.1. The molecule has 98 valence electrons.